The van der Waals surface area contributed by atoms with Gasteiger partial charge in [0.2, 0.25) is 0 Å². The molecular formula is C16H16N6O3. The number of carbonyl (C=O) groups is 2. The first-order chi connectivity index (χ1) is 12.1. The molecule has 25 heavy (non-hydrogen) atoms. The fourth-order valence-electron chi connectivity index (χ4n) is 2.14. The molecule has 9 nitrogen and oxygen atoms in total. The van der Waals surface area contributed by atoms with Crippen molar-refractivity contribution >= 4 is 29.2 Å². The van der Waals surface area contributed by atoms with Gasteiger partial charge in [-0.1, -0.05) is 6.07 Å². The van der Waals surface area contributed by atoms with Crippen LogP contribution in [0.2, 0.25) is 0 Å². The number of hydrogen-bond acceptors (Lipinski definition) is 5. The maximum absolute atomic E-state index is 12.3. The summed E-state index contributed by atoms with van der Waals surface area (Å²) >= 11 is 0. The number of carbonyl (C=O) groups excluding carboxylic acids is 2. The number of aromatic nitrogens is 3. The second-order valence-electron chi connectivity index (χ2n) is 5.04. The first-order valence-electron chi connectivity index (χ1n) is 7.39. The molecule has 0 aliphatic rings. The molecule has 0 saturated carbocycles. The molecule has 0 atom stereocenters. The molecule has 0 radical (unpaired) electrons. The van der Waals surface area contributed by atoms with Crippen molar-refractivity contribution in [1.82, 2.24) is 19.9 Å². The van der Waals surface area contributed by atoms with Gasteiger partial charge in [0.25, 0.3) is 5.91 Å². The summed E-state index contributed by atoms with van der Waals surface area (Å²) in [5, 5.41) is 12.0. The van der Waals surface area contributed by atoms with Gasteiger partial charge < -0.3 is 15.4 Å². The standard InChI is InChI=1S/C16H16N6O3/c1-17-16(24)20-13-9-22-14(18-13)7-6-12(21-22)19-15(23)10-4-3-5-11(8-10)25-2/h3-9H,1-2H3,(H2,17,20,24)(H,19,21,23). The van der Waals surface area contributed by atoms with Gasteiger partial charge >= 0.3 is 6.03 Å². The minimum atomic E-state index is -0.380. The van der Waals surface area contributed by atoms with E-state index in [1.807, 2.05) is 0 Å². The predicted octanol–water partition coefficient (Wildman–Crippen LogP) is 1.74. The molecule has 2 heterocycles. The van der Waals surface area contributed by atoms with Crippen LogP contribution < -0.4 is 20.7 Å². The maximum Gasteiger partial charge on any atom is 0.320 e. The van der Waals surface area contributed by atoms with Gasteiger partial charge in [-0.2, -0.15) is 0 Å². The average molecular weight is 340 g/mol. The second kappa shape index (κ2) is 6.87. The Bertz CT molecular complexity index is 937. The van der Waals surface area contributed by atoms with Crippen LogP contribution in [0, 0.1) is 0 Å². The molecule has 0 fully saturated rings. The lowest BCUT2D eigenvalue weighted by Crippen LogP contribution is -2.24. The fraction of sp³-hybridized carbons (Fsp3) is 0.125. The van der Waals surface area contributed by atoms with Crippen molar-refractivity contribution in [2.45, 2.75) is 0 Å². The fourth-order valence-corrected chi connectivity index (χ4v) is 2.14. The molecule has 0 aliphatic carbocycles. The van der Waals surface area contributed by atoms with Crippen LogP contribution in [0.4, 0.5) is 16.4 Å². The lowest BCUT2D eigenvalue weighted by Gasteiger charge is -2.06. The van der Waals surface area contributed by atoms with Gasteiger partial charge in [-0.3, -0.25) is 10.1 Å². The normalized spacial score (nSPS) is 10.3. The Morgan fingerprint density at radius 1 is 1.12 bits per heavy atom. The van der Waals surface area contributed by atoms with Crippen LogP contribution in [-0.2, 0) is 0 Å². The lowest BCUT2D eigenvalue weighted by atomic mass is 10.2. The molecule has 0 spiro atoms. The Morgan fingerprint density at radius 2 is 1.96 bits per heavy atom. The van der Waals surface area contributed by atoms with Crippen LogP contribution in [0.25, 0.3) is 5.65 Å². The minimum Gasteiger partial charge on any atom is -0.497 e. The van der Waals surface area contributed by atoms with Gasteiger partial charge in [0.05, 0.1) is 13.3 Å². The zero-order chi connectivity index (χ0) is 17.8. The number of amides is 3. The summed E-state index contributed by atoms with van der Waals surface area (Å²) in [6, 6.07) is 9.74. The maximum atomic E-state index is 12.3. The largest absolute Gasteiger partial charge is 0.497 e. The van der Waals surface area contributed by atoms with Gasteiger partial charge in [-0.25, -0.2) is 14.3 Å². The van der Waals surface area contributed by atoms with E-state index in [0.29, 0.717) is 28.6 Å². The summed E-state index contributed by atoms with van der Waals surface area (Å²) in [5.74, 6) is 0.984. The van der Waals surface area contributed by atoms with Crippen LogP contribution in [0.15, 0.2) is 42.6 Å². The second-order valence-corrected chi connectivity index (χ2v) is 5.04. The minimum absolute atomic E-state index is 0.311. The Kier molecular flexibility index (Phi) is 4.46. The number of nitrogens with zero attached hydrogens (tertiary/aromatic N) is 3. The molecule has 128 valence electrons. The highest BCUT2D eigenvalue weighted by atomic mass is 16.5. The molecule has 2 aromatic heterocycles. The highest BCUT2D eigenvalue weighted by molar-refractivity contribution is 6.04. The van der Waals surface area contributed by atoms with E-state index >= 15 is 0 Å². The third-order valence-corrected chi connectivity index (χ3v) is 3.36. The molecule has 0 aliphatic heterocycles. The highest BCUT2D eigenvalue weighted by Crippen LogP contribution is 2.15. The summed E-state index contributed by atoms with van der Waals surface area (Å²) in [6.07, 6.45) is 1.55. The molecular weight excluding hydrogens is 324 g/mol. The number of benzene rings is 1. The summed E-state index contributed by atoms with van der Waals surface area (Å²) in [7, 11) is 3.05. The van der Waals surface area contributed by atoms with Crippen molar-refractivity contribution in [1.29, 1.82) is 0 Å². The molecule has 9 heteroatoms. The number of methoxy groups -OCH3 is 1. The van der Waals surface area contributed by atoms with E-state index in [-0.39, 0.29) is 11.9 Å². The number of hydrogen-bond donors (Lipinski definition) is 3. The van der Waals surface area contributed by atoms with Gasteiger partial charge in [-0.15, -0.1) is 5.10 Å². The van der Waals surface area contributed by atoms with E-state index < -0.39 is 0 Å². The predicted molar refractivity (Wildman–Crippen MR) is 92.0 cm³/mol. The van der Waals surface area contributed by atoms with Gasteiger partial charge in [0, 0.05) is 12.6 Å². The summed E-state index contributed by atoms with van der Waals surface area (Å²) < 4.78 is 6.57. The van der Waals surface area contributed by atoms with Crippen molar-refractivity contribution in [3.8, 4) is 5.75 Å². The Balaban J connectivity index is 1.79. The monoisotopic (exact) mass is 340 g/mol. The number of anilines is 2. The third kappa shape index (κ3) is 3.66. The van der Waals surface area contributed by atoms with E-state index in [0.717, 1.165) is 0 Å². The summed E-state index contributed by atoms with van der Waals surface area (Å²) in [4.78, 5) is 27.8. The lowest BCUT2D eigenvalue weighted by molar-refractivity contribution is 0.102. The zero-order valence-corrected chi connectivity index (χ0v) is 13.6. The third-order valence-electron chi connectivity index (χ3n) is 3.36. The van der Waals surface area contributed by atoms with Crippen LogP contribution in [0.1, 0.15) is 10.4 Å². The number of imidazole rings is 1. The molecule has 3 N–H and O–H groups in total. The Labute approximate surface area is 143 Å². The van der Waals surface area contributed by atoms with Crippen LogP contribution >= 0.6 is 0 Å². The van der Waals surface area contributed by atoms with E-state index in [9.17, 15) is 9.59 Å². The van der Waals surface area contributed by atoms with E-state index in [1.54, 1.807) is 42.6 Å². The number of ether oxygens (including phenoxy) is 1. The van der Waals surface area contributed by atoms with Crippen LogP contribution in [-0.4, -0.2) is 40.7 Å². The van der Waals surface area contributed by atoms with Crippen molar-refractivity contribution in [3.63, 3.8) is 0 Å². The number of nitrogens with one attached hydrogen (secondary N) is 3. The molecule has 0 unspecified atom stereocenters. The van der Waals surface area contributed by atoms with Gasteiger partial charge in [-0.05, 0) is 30.3 Å². The van der Waals surface area contributed by atoms with E-state index in [4.69, 9.17) is 4.74 Å². The highest BCUT2D eigenvalue weighted by Gasteiger charge is 2.10. The molecule has 1 aromatic carbocycles. The SMILES string of the molecule is CNC(=O)Nc1cn2nc(NC(=O)c3cccc(OC)c3)ccc2n1. The van der Waals surface area contributed by atoms with E-state index in [1.165, 1.54) is 18.7 Å². The number of fused-ring (bicyclic) bond motifs is 1. The van der Waals surface area contributed by atoms with Crippen molar-refractivity contribution in [2.75, 3.05) is 24.8 Å². The Morgan fingerprint density at radius 3 is 2.72 bits per heavy atom. The van der Waals surface area contributed by atoms with Crippen LogP contribution in [0.3, 0.4) is 0 Å². The molecule has 3 rings (SSSR count). The first kappa shape index (κ1) is 16.2. The summed E-state index contributed by atoms with van der Waals surface area (Å²) in [6.45, 7) is 0. The van der Waals surface area contributed by atoms with Gasteiger partial charge in [0.1, 0.15) is 5.75 Å². The van der Waals surface area contributed by atoms with Crippen molar-refractivity contribution < 1.29 is 14.3 Å². The molecule has 0 saturated heterocycles. The average Bonchev–Trinajstić information content (AvgIpc) is 3.03. The quantitative estimate of drug-likeness (QED) is 0.670. The first-order valence-corrected chi connectivity index (χ1v) is 7.39. The molecule has 3 amide bonds. The number of urea groups is 1. The van der Waals surface area contributed by atoms with Crippen molar-refractivity contribution in [2.24, 2.45) is 0 Å². The van der Waals surface area contributed by atoms with E-state index in [2.05, 4.69) is 26.0 Å². The smallest absolute Gasteiger partial charge is 0.320 e. The number of rotatable bonds is 4. The molecule has 0 bridgehead atoms. The molecule has 3 aromatic rings. The van der Waals surface area contributed by atoms with Crippen molar-refractivity contribution in [3.05, 3.63) is 48.2 Å². The van der Waals surface area contributed by atoms with Crippen LogP contribution in [0.5, 0.6) is 5.75 Å². The Hall–Kier alpha value is -3.62. The van der Waals surface area contributed by atoms with Gasteiger partial charge in [0.15, 0.2) is 17.3 Å². The topological polar surface area (TPSA) is 110 Å². The zero-order valence-electron chi connectivity index (χ0n) is 13.6. The summed E-state index contributed by atoms with van der Waals surface area (Å²) in [5.41, 5.74) is 0.986.